The summed E-state index contributed by atoms with van der Waals surface area (Å²) in [5, 5.41) is 9.37. The Hall–Kier alpha value is -2.60. The molecule has 0 aliphatic carbocycles. The van der Waals surface area contributed by atoms with Crippen molar-refractivity contribution < 1.29 is 9.13 Å². The molecule has 0 atom stereocenters. The van der Waals surface area contributed by atoms with Gasteiger partial charge in [0.05, 0.1) is 7.11 Å². The number of ether oxygens (including phenoxy) is 1. The predicted octanol–water partition coefficient (Wildman–Crippen LogP) is 4.57. The zero-order valence-corrected chi connectivity index (χ0v) is 14.7. The monoisotopic (exact) mass is 355 g/mol. The van der Waals surface area contributed by atoms with Crippen LogP contribution >= 0.6 is 11.8 Å². The summed E-state index contributed by atoms with van der Waals surface area (Å²) in [6.45, 7) is 4.39. The largest absolute Gasteiger partial charge is 0.497 e. The molecule has 25 heavy (non-hydrogen) atoms. The van der Waals surface area contributed by atoms with E-state index in [0.717, 1.165) is 27.8 Å². The van der Waals surface area contributed by atoms with Crippen molar-refractivity contribution in [3.8, 4) is 17.1 Å². The average molecular weight is 355 g/mol. The highest BCUT2D eigenvalue weighted by molar-refractivity contribution is 7.98. The number of nitrogens with zero attached hydrogens (tertiary/aromatic N) is 3. The summed E-state index contributed by atoms with van der Waals surface area (Å²) in [5.41, 5.74) is 1.96. The first kappa shape index (κ1) is 17.2. The Morgan fingerprint density at radius 1 is 1.20 bits per heavy atom. The zero-order valence-electron chi connectivity index (χ0n) is 13.9. The van der Waals surface area contributed by atoms with Gasteiger partial charge < -0.3 is 4.74 Å². The molecule has 0 amide bonds. The number of methoxy groups -OCH3 is 1. The topological polar surface area (TPSA) is 39.9 Å². The second-order valence-corrected chi connectivity index (χ2v) is 6.30. The van der Waals surface area contributed by atoms with Crippen LogP contribution in [0.15, 0.2) is 66.3 Å². The van der Waals surface area contributed by atoms with Gasteiger partial charge in [-0.05, 0) is 42.0 Å². The highest BCUT2D eigenvalue weighted by Gasteiger charge is 2.13. The molecule has 0 aliphatic heterocycles. The van der Waals surface area contributed by atoms with Crippen molar-refractivity contribution in [1.82, 2.24) is 14.8 Å². The number of hydrogen-bond acceptors (Lipinski definition) is 4. The predicted molar refractivity (Wildman–Crippen MR) is 98.2 cm³/mol. The van der Waals surface area contributed by atoms with Gasteiger partial charge in [-0.1, -0.05) is 30.0 Å². The molecule has 128 valence electrons. The van der Waals surface area contributed by atoms with Crippen molar-refractivity contribution in [2.24, 2.45) is 0 Å². The molecule has 2 aromatic carbocycles. The molecule has 0 aliphatic rings. The van der Waals surface area contributed by atoms with E-state index in [4.69, 9.17) is 4.74 Å². The molecular weight excluding hydrogens is 337 g/mol. The highest BCUT2D eigenvalue weighted by Crippen LogP contribution is 2.27. The molecule has 6 heteroatoms. The minimum absolute atomic E-state index is 0.272. The van der Waals surface area contributed by atoms with Crippen LogP contribution in [0.4, 0.5) is 4.39 Å². The van der Waals surface area contributed by atoms with E-state index in [1.54, 1.807) is 37.1 Å². The standard InChI is InChI=1S/C19H18FN3OS/c1-3-11-23-18(15-7-9-16(20)10-8-15)21-22-19(23)25-13-14-5-4-6-17(12-14)24-2/h3-10,12H,1,11,13H2,2H3. The van der Waals surface area contributed by atoms with E-state index in [1.165, 1.54) is 12.1 Å². The first-order valence-electron chi connectivity index (χ1n) is 7.77. The third-order valence-corrected chi connectivity index (χ3v) is 4.67. The molecule has 0 N–H and O–H groups in total. The van der Waals surface area contributed by atoms with Crippen molar-refractivity contribution in [2.75, 3.05) is 7.11 Å². The molecule has 3 rings (SSSR count). The summed E-state index contributed by atoms with van der Waals surface area (Å²) in [6.07, 6.45) is 1.80. The van der Waals surface area contributed by atoms with Crippen LogP contribution < -0.4 is 4.74 Å². The van der Waals surface area contributed by atoms with Gasteiger partial charge in [0.2, 0.25) is 0 Å². The fourth-order valence-corrected chi connectivity index (χ4v) is 3.30. The molecule has 0 bridgehead atoms. The first-order chi connectivity index (χ1) is 12.2. The average Bonchev–Trinajstić information content (AvgIpc) is 3.04. The van der Waals surface area contributed by atoms with Gasteiger partial charge in [0.15, 0.2) is 11.0 Å². The Bertz CT molecular complexity index is 861. The number of rotatable bonds is 7. The van der Waals surface area contributed by atoms with Crippen LogP contribution in [0.25, 0.3) is 11.4 Å². The summed E-state index contributed by atoms with van der Waals surface area (Å²) in [4.78, 5) is 0. The lowest BCUT2D eigenvalue weighted by atomic mass is 10.2. The molecular formula is C19H18FN3OS. The van der Waals surface area contributed by atoms with Gasteiger partial charge in [-0.3, -0.25) is 4.57 Å². The van der Waals surface area contributed by atoms with Gasteiger partial charge in [-0.2, -0.15) is 0 Å². The van der Waals surface area contributed by atoms with E-state index in [9.17, 15) is 4.39 Å². The molecule has 1 heterocycles. The maximum Gasteiger partial charge on any atom is 0.192 e. The summed E-state index contributed by atoms with van der Waals surface area (Å²) >= 11 is 1.59. The molecule has 3 aromatic rings. The number of thioether (sulfide) groups is 1. The smallest absolute Gasteiger partial charge is 0.192 e. The fraction of sp³-hybridized carbons (Fsp3) is 0.158. The molecule has 0 fully saturated rings. The van der Waals surface area contributed by atoms with Crippen LogP contribution in [0.2, 0.25) is 0 Å². The molecule has 4 nitrogen and oxygen atoms in total. The highest BCUT2D eigenvalue weighted by atomic mass is 32.2. The number of benzene rings is 2. The van der Waals surface area contributed by atoms with Crippen LogP contribution in [0.5, 0.6) is 5.75 Å². The minimum Gasteiger partial charge on any atom is -0.497 e. The Morgan fingerprint density at radius 3 is 2.72 bits per heavy atom. The quantitative estimate of drug-likeness (QED) is 0.460. The van der Waals surface area contributed by atoms with Crippen molar-refractivity contribution in [1.29, 1.82) is 0 Å². The van der Waals surface area contributed by atoms with Crippen molar-refractivity contribution in [3.63, 3.8) is 0 Å². The number of halogens is 1. The van der Waals surface area contributed by atoms with Gasteiger partial charge in [0, 0.05) is 17.9 Å². The van der Waals surface area contributed by atoms with Crippen LogP contribution in [0, 0.1) is 5.82 Å². The third kappa shape index (κ3) is 4.09. The van der Waals surface area contributed by atoms with E-state index < -0.39 is 0 Å². The van der Waals surface area contributed by atoms with Crippen LogP contribution in [-0.2, 0) is 12.3 Å². The fourth-order valence-electron chi connectivity index (χ4n) is 2.41. The Labute approximate surface area is 150 Å². The lowest BCUT2D eigenvalue weighted by Gasteiger charge is -2.08. The van der Waals surface area contributed by atoms with E-state index in [1.807, 2.05) is 28.8 Å². The van der Waals surface area contributed by atoms with E-state index in [0.29, 0.717) is 12.4 Å². The SMILES string of the molecule is C=CCn1c(SCc2cccc(OC)c2)nnc1-c1ccc(F)cc1. The molecule has 0 saturated carbocycles. The summed E-state index contributed by atoms with van der Waals surface area (Å²) < 4.78 is 20.4. The molecule has 0 unspecified atom stereocenters. The normalized spacial score (nSPS) is 10.6. The first-order valence-corrected chi connectivity index (χ1v) is 8.75. The van der Waals surface area contributed by atoms with Crippen LogP contribution in [0.1, 0.15) is 5.56 Å². The van der Waals surface area contributed by atoms with Crippen molar-refractivity contribution in [2.45, 2.75) is 17.5 Å². The minimum atomic E-state index is -0.272. The van der Waals surface area contributed by atoms with Crippen molar-refractivity contribution in [3.05, 3.63) is 72.6 Å². The second-order valence-electron chi connectivity index (χ2n) is 5.35. The summed E-state index contributed by atoms with van der Waals surface area (Å²) in [7, 11) is 1.65. The maximum atomic E-state index is 13.2. The Morgan fingerprint density at radius 2 is 2.00 bits per heavy atom. The molecule has 0 spiro atoms. The zero-order chi connectivity index (χ0) is 17.6. The van der Waals surface area contributed by atoms with Gasteiger partial charge in [0.25, 0.3) is 0 Å². The molecule has 0 radical (unpaired) electrons. The third-order valence-electron chi connectivity index (χ3n) is 3.63. The van der Waals surface area contributed by atoms with E-state index >= 15 is 0 Å². The lowest BCUT2D eigenvalue weighted by molar-refractivity contribution is 0.414. The van der Waals surface area contributed by atoms with E-state index in [2.05, 4.69) is 16.8 Å². The van der Waals surface area contributed by atoms with Gasteiger partial charge >= 0.3 is 0 Å². The maximum absolute atomic E-state index is 13.2. The number of aromatic nitrogens is 3. The van der Waals surface area contributed by atoms with E-state index in [-0.39, 0.29) is 5.82 Å². The Balaban J connectivity index is 1.83. The van der Waals surface area contributed by atoms with Crippen LogP contribution in [0.3, 0.4) is 0 Å². The summed E-state index contributed by atoms with van der Waals surface area (Å²) in [6, 6.07) is 14.2. The van der Waals surface area contributed by atoms with Gasteiger partial charge in [-0.25, -0.2) is 4.39 Å². The summed E-state index contributed by atoms with van der Waals surface area (Å²) in [5.74, 6) is 2.01. The molecule has 0 saturated heterocycles. The van der Waals surface area contributed by atoms with Gasteiger partial charge in [-0.15, -0.1) is 16.8 Å². The second kappa shape index (κ2) is 7.98. The lowest BCUT2D eigenvalue weighted by Crippen LogP contribution is -2.00. The molecule has 1 aromatic heterocycles. The Kier molecular flexibility index (Phi) is 5.50. The van der Waals surface area contributed by atoms with Gasteiger partial charge in [0.1, 0.15) is 11.6 Å². The number of allylic oxidation sites excluding steroid dienone is 1. The number of hydrogen-bond donors (Lipinski definition) is 0. The van der Waals surface area contributed by atoms with Crippen molar-refractivity contribution >= 4 is 11.8 Å². The van der Waals surface area contributed by atoms with Crippen LogP contribution in [-0.4, -0.2) is 21.9 Å².